The highest BCUT2D eigenvalue weighted by Gasteiger charge is 2.58. The number of benzene rings is 1. The largest absolute Gasteiger partial charge is 0.420 e. The molecule has 1 aromatic heterocycles. The summed E-state index contributed by atoms with van der Waals surface area (Å²) in [7, 11) is 0. The maximum atomic E-state index is 13.2. The molecule has 1 atom stereocenters. The van der Waals surface area contributed by atoms with Gasteiger partial charge < -0.3 is 15.8 Å². The lowest BCUT2D eigenvalue weighted by Crippen LogP contribution is -2.42. The zero-order chi connectivity index (χ0) is 17.9. The number of nitrogens with one attached hydrogen (secondary N) is 2. The molecular formula is C17H14BrN5O2. The number of rotatable bonds is 1. The summed E-state index contributed by atoms with van der Waals surface area (Å²) in [5, 5.41) is 19.8. The van der Waals surface area contributed by atoms with Gasteiger partial charge in [-0.2, -0.15) is 5.26 Å². The minimum atomic E-state index is -1.38. The molecule has 7 nitrogen and oxygen atoms in total. The van der Waals surface area contributed by atoms with Crippen molar-refractivity contribution in [2.24, 2.45) is 5.73 Å². The first-order valence-corrected chi connectivity index (χ1v) is 8.49. The molecule has 25 heavy (non-hydrogen) atoms. The zero-order valence-corrected chi connectivity index (χ0v) is 15.1. The van der Waals surface area contributed by atoms with E-state index in [4.69, 9.17) is 10.5 Å². The molecule has 0 bridgehead atoms. The number of halogens is 1. The first-order chi connectivity index (χ1) is 11.9. The van der Waals surface area contributed by atoms with E-state index < -0.39 is 5.41 Å². The maximum absolute atomic E-state index is 13.2. The Kier molecular flexibility index (Phi) is 3.21. The molecule has 2 aromatic rings. The molecule has 2 aliphatic rings. The molecule has 0 aliphatic carbocycles. The highest BCUT2D eigenvalue weighted by Crippen LogP contribution is 2.54. The average Bonchev–Trinajstić information content (AvgIpc) is 3.09. The van der Waals surface area contributed by atoms with Gasteiger partial charge in [0.2, 0.25) is 17.7 Å². The number of H-pyrrole nitrogens is 1. The summed E-state index contributed by atoms with van der Waals surface area (Å²) in [6, 6.07) is 7.53. The van der Waals surface area contributed by atoms with Gasteiger partial charge >= 0.3 is 0 Å². The molecule has 126 valence electrons. The second-order valence-corrected chi connectivity index (χ2v) is 7.23. The second kappa shape index (κ2) is 5.10. The first-order valence-electron chi connectivity index (χ1n) is 7.69. The lowest BCUT2D eigenvalue weighted by Gasteiger charge is -2.32. The van der Waals surface area contributed by atoms with Gasteiger partial charge in [-0.05, 0) is 24.1 Å². The number of ether oxygens (including phenoxy) is 1. The summed E-state index contributed by atoms with van der Waals surface area (Å²) < 4.78 is 6.34. The van der Waals surface area contributed by atoms with E-state index in [1.54, 1.807) is 6.07 Å². The van der Waals surface area contributed by atoms with E-state index in [2.05, 4.69) is 37.5 Å². The molecule has 0 saturated heterocycles. The van der Waals surface area contributed by atoms with Crippen molar-refractivity contribution >= 4 is 27.5 Å². The summed E-state index contributed by atoms with van der Waals surface area (Å²) in [5.74, 6) is -0.184. The summed E-state index contributed by atoms with van der Waals surface area (Å²) in [6.45, 7) is 3.95. The van der Waals surface area contributed by atoms with Crippen LogP contribution in [0.1, 0.15) is 36.6 Å². The number of nitriles is 1. The monoisotopic (exact) mass is 399 g/mol. The highest BCUT2D eigenvalue weighted by atomic mass is 79.9. The molecule has 4 N–H and O–H groups in total. The Morgan fingerprint density at radius 1 is 1.44 bits per heavy atom. The van der Waals surface area contributed by atoms with Crippen molar-refractivity contribution in [1.82, 2.24) is 10.2 Å². The van der Waals surface area contributed by atoms with E-state index in [0.717, 1.165) is 10.2 Å². The fourth-order valence-corrected chi connectivity index (χ4v) is 3.93. The fourth-order valence-electron chi connectivity index (χ4n) is 3.57. The highest BCUT2D eigenvalue weighted by molar-refractivity contribution is 9.10. The fraction of sp³-hybridized carbons (Fsp3) is 0.235. The van der Waals surface area contributed by atoms with Crippen molar-refractivity contribution in [3.63, 3.8) is 0 Å². The summed E-state index contributed by atoms with van der Waals surface area (Å²) in [6.07, 6.45) is 0. The first kappa shape index (κ1) is 15.7. The molecule has 1 aromatic carbocycles. The Bertz CT molecular complexity index is 1000. The smallest absolute Gasteiger partial charge is 0.245 e. The predicted octanol–water partition coefficient (Wildman–Crippen LogP) is 2.62. The van der Waals surface area contributed by atoms with Gasteiger partial charge in [0, 0.05) is 21.4 Å². The Balaban J connectivity index is 2.17. The van der Waals surface area contributed by atoms with E-state index in [-0.39, 0.29) is 29.2 Å². The van der Waals surface area contributed by atoms with E-state index in [1.165, 1.54) is 0 Å². The summed E-state index contributed by atoms with van der Waals surface area (Å²) in [5.41, 5.74) is 7.25. The molecule has 0 radical (unpaired) electrons. The molecule has 0 saturated carbocycles. The minimum absolute atomic E-state index is 0.0417. The van der Waals surface area contributed by atoms with Crippen LogP contribution in [-0.2, 0) is 10.2 Å². The van der Waals surface area contributed by atoms with Crippen molar-refractivity contribution in [1.29, 1.82) is 5.26 Å². The number of amides is 1. The van der Waals surface area contributed by atoms with Gasteiger partial charge in [0.15, 0.2) is 0 Å². The third kappa shape index (κ3) is 1.84. The number of nitrogens with two attached hydrogens (primary N) is 1. The van der Waals surface area contributed by atoms with Gasteiger partial charge in [0.25, 0.3) is 0 Å². The van der Waals surface area contributed by atoms with E-state index in [0.29, 0.717) is 16.8 Å². The topological polar surface area (TPSA) is 117 Å². The zero-order valence-electron chi connectivity index (χ0n) is 13.5. The van der Waals surface area contributed by atoms with Crippen molar-refractivity contribution < 1.29 is 9.53 Å². The van der Waals surface area contributed by atoms with Crippen LogP contribution in [0.3, 0.4) is 0 Å². The van der Waals surface area contributed by atoms with Crippen molar-refractivity contribution in [2.75, 3.05) is 5.32 Å². The van der Waals surface area contributed by atoms with Crippen LogP contribution in [0.5, 0.6) is 5.88 Å². The van der Waals surface area contributed by atoms with Gasteiger partial charge in [0.1, 0.15) is 17.1 Å². The van der Waals surface area contributed by atoms with Gasteiger partial charge in [-0.3, -0.25) is 9.89 Å². The second-order valence-electron chi connectivity index (χ2n) is 6.32. The molecule has 3 heterocycles. The van der Waals surface area contributed by atoms with Gasteiger partial charge in [-0.15, -0.1) is 5.10 Å². The van der Waals surface area contributed by atoms with Crippen LogP contribution >= 0.6 is 15.9 Å². The standard InChI is InChI=1S/C17H14BrN5O2/c1-7(2)13-12-15(23-22-13)25-14(20)10(6-19)17(12)9-5-8(18)3-4-11(9)21-16(17)24/h3-5,7H,20H2,1-2H3,(H,21,24)(H,22,23). The van der Waals surface area contributed by atoms with Gasteiger partial charge in [0.05, 0.1) is 5.56 Å². The lowest BCUT2D eigenvalue weighted by molar-refractivity contribution is -0.118. The molecule has 4 rings (SSSR count). The molecule has 1 spiro atoms. The average molecular weight is 400 g/mol. The van der Waals surface area contributed by atoms with E-state index >= 15 is 0 Å². The molecular weight excluding hydrogens is 386 g/mol. The predicted molar refractivity (Wildman–Crippen MR) is 93.7 cm³/mol. The molecule has 0 fully saturated rings. The summed E-state index contributed by atoms with van der Waals surface area (Å²) in [4.78, 5) is 13.2. The number of aromatic nitrogens is 2. The van der Waals surface area contributed by atoms with Crippen molar-refractivity contribution in [2.45, 2.75) is 25.2 Å². The van der Waals surface area contributed by atoms with Crippen molar-refractivity contribution in [3.05, 3.63) is 50.9 Å². The number of nitrogens with zero attached hydrogens (tertiary/aromatic N) is 2. The van der Waals surface area contributed by atoms with Gasteiger partial charge in [-0.1, -0.05) is 29.8 Å². The van der Waals surface area contributed by atoms with Crippen LogP contribution in [0.4, 0.5) is 5.69 Å². The van der Waals surface area contributed by atoms with Crippen LogP contribution in [0.25, 0.3) is 0 Å². The maximum Gasteiger partial charge on any atom is 0.245 e. The van der Waals surface area contributed by atoms with Crippen molar-refractivity contribution in [3.8, 4) is 11.9 Å². The lowest BCUT2D eigenvalue weighted by atomic mass is 9.68. The number of anilines is 1. The number of aromatic amines is 1. The number of fused-ring (bicyclic) bond motifs is 4. The number of hydrogen-bond donors (Lipinski definition) is 3. The Morgan fingerprint density at radius 2 is 2.20 bits per heavy atom. The Morgan fingerprint density at radius 3 is 2.88 bits per heavy atom. The Labute approximate surface area is 152 Å². The molecule has 1 unspecified atom stereocenters. The molecule has 8 heteroatoms. The van der Waals surface area contributed by atoms with Crippen LogP contribution in [0.15, 0.2) is 34.1 Å². The molecule has 1 amide bonds. The minimum Gasteiger partial charge on any atom is -0.420 e. The van der Waals surface area contributed by atoms with Crippen LogP contribution in [0.2, 0.25) is 0 Å². The van der Waals surface area contributed by atoms with Gasteiger partial charge in [-0.25, -0.2) is 0 Å². The normalized spacial score (nSPS) is 21.0. The number of carbonyl (C=O) groups excluding carboxylic acids is 1. The van der Waals surface area contributed by atoms with Crippen LogP contribution in [0, 0.1) is 11.3 Å². The summed E-state index contributed by atoms with van der Waals surface area (Å²) >= 11 is 3.45. The number of hydrogen-bond acceptors (Lipinski definition) is 5. The SMILES string of the molecule is CC(C)c1[nH]nc2c1C1(C(=O)Nc3ccc(Br)cc31)C(C#N)=C(N)O2. The third-order valence-corrected chi connectivity index (χ3v) is 5.12. The third-order valence-electron chi connectivity index (χ3n) is 4.63. The van der Waals surface area contributed by atoms with Crippen LogP contribution in [-0.4, -0.2) is 16.1 Å². The quantitative estimate of drug-likeness (QED) is 0.681. The molecule has 2 aliphatic heterocycles. The van der Waals surface area contributed by atoms with E-state index in [9.17, 15) is 10.1 Å². The Hall–Kier alpha value is -2.79. The number of carbonyl (C=O) groups is 1. The van der Waals surface area contributed by atoms with Crippen LogP contribution < -0.4 is 15.8 Å². The van der Waals surface area contributed by atoms with E-state index in [1.807, 2.05) is 26.0 Å².